The number of amides is 1. The van der Waals surface area contributed by atoms with Gasteiger partial charge in [-0.2, -0.15) is 10.1 Å². The number of methoxy groups -OCH3 is 2. The van der Waals surface area contributed by atoms with Crippen molar-refractivity contribution in [2.24, 2.45) is 0 Å². The van der Waals surface area contributed by atoms with Crippen LogP contribution >= 0.6 is 11.6 Å². The number of benzene rings is 3. The van der Waals surface area contributed by atoms with Crippen LogP contribution in [0.25, 0.3) is 0 Å². The number of fused-ring (bicyclic) bond motifs is 1. The van der Waals surface area contributed by atoms with Gasteiger partial charge in [0, 0.05) is 16.8 Å². The Morgan fingerprint density at radius 3 is 2.63 bits per heavy atom. The normalized spacial score (nSPS) is 14.4. The molecular weight excluding hydrogens is 506 g/mol. The molecule has 1 unspecified atom stereocenters. The lowest BCUT2D eigenvalue weighted by atomic mass is 9.94. The number of carbonyl (C=O) groups excluding carboxylic acids is 1. The Labute approximate surface area is 225 Å². The second-order valence-corrected chi connectivity index (χ2v) is 9.04. The van der Waals surface area contributed by atoms with Crippen molar-refractivity contribution in [2.75, 3.05) is 24.9 Å². The molecule has 5 rings (SSSR count). The van der Waals surface area contributed by atoms with Crippen molar-refractivity contribution in [3.8, 4) is 17.2 Å². The first kappa shape index (κ1) is 25.2. The lowest BCUT2D eigenvalue weighted by molar-refractivity contribution is -0.113. The van der Waals surface area contributed by atoms with Gasteiger partial charge in [0.1, 0.15) is 36.2 Å². The van der Waals surface area contributed by atoms with Gasteiger partial charge in [0.15, 0.2) is 0 Å². The zero-order valence-corrected chi connectivity index (χ0v) is 21.8. The molecule has 0 spiro atoms. The van der Waals surface area contributed by atoms with E-state index >= 15 is 0 Å². The number of halogens is 1. The Bertz CT molecular complexity index is 1500. The molecule has 0 saturated heterocycles. The molecular formula is C28H26ClN5O4. The maximum Gasteiger partial charge on any atom is 0.255 e. The fourth-order valence-electron chi connectivity index (χ4n) is 4.31. The highest BCUT2D eigenvalue weighted by molar-refractivity contribution is 6.30. The van der Waals surface area contributed by atoms with Crippen molar-refractivity contribution >= 4 is 29.1 Å². The quantitative estimate of drug-likeness (QED) is 0.311. The highest BCUT2D eigenvalue weighted by Crippen LogP contribution is 2.37. The largest absolute Gasteiger partial charge is 0.497 e. The Hall–Kier alpha value is -4.50. The molecule has 1 atom stereocenters. The molecule has 2 heterocycles. The zero-order chi connectivity index (χ0) is 26.6. The first-order valence-corrected chi connectivity index (χ1v) is 12.2. The Balaban J connectivity index is 1.46. The number of nitrogens with zero attached hydrogens (tertiary/aromatic N) is 3. The summed E-state index contributed by atoms with van der Waals surface area (Å²) in [6.45, 7) is 2.22. The Kier molecular flexibility index (Phi) is 7.19. The smallest absolute Gasteiger partial charge is 0.255 e. The minimum absolute atomic E-state index is 0.308. The number of carbonyl (C=O) groups is 1. The Morgan fingerprint density at radius 1 is 1.05 bits per heavy atom. The van der Waals surface area contributed by atoms with Crippen molar-refractivity contribution in [2.45, 2.75) is 19.6 Å². The van der Waals surface area contributed by atoms with E-state index in [9.17, 15) is 4.79 Å². The van der Waals surface area contributed by atoms with Gasteiger partial charge in [-0.1, -0.05) is 35.9 Å². The van der Waals surface area contributed by atoms with E-state index in [0.717, 1.165) is 11.1 Å². The predicted molar refractivity (Wildman–Crippen MR) is 145 cm³/mol. The predicted octanol–water partition coefficient (Wildman–Crippen LogP) is 5.46. The van der Waals surface area contributed by atoms with Crippen LogP contribution < -0.4 is 24.8 Å². The molecule has 2 N–H and O–H groups in total. The van der Waals surface area contributed by atoms with Crippen molar-refractivity contribution in [3.05, 3.63) is 100 Å². The lowest BCUT2D eigenvalue weighted by Gasteiger charge is -2.29. The molecule has 10 heteroatoms. The van der Waals surface area contributed by atoms with Crippen molar-refractivity contribution in [3.63, 3.8) is 0 Å². The third-order valence-electron chi connectivity index (χ3n) is 6.19. The maximum absolute atomic E-state index is 13.7. The topological polar surface area (TPSA) is 99.5 Å². The number of hydrogen-bond acceptors (Lipinski definition) is 7. The van der Waals surface area contributed by atoms with E-state index in [4.69, 9.17) is 25.8 Å². The van der Waals surface area contributed by atoms with Crippen LogP contribution in [0.1, 0.15) is 24.1 Å². The Morgan fingerprint density at radius 2 is 1.87 bits per heavy atom. The third-order valence-corrected chi connectivity index (χ3v) is 6.44. The summed E-state index contributed by atoms with van der Waals surface area (Å²) in [5.41, 5.74) is 3.47. The number of allylic oxidation sites excluding steroid dienone is 1. The highest BCUT2D eigenvalue weighted by Gasteiger charge is 2.34. The minimum atomic E-state index is -0.544. The molecule has 1 aromatic heterocycles. The average molecular weight is 532 g/mol. The fraction of sp³-hybridized carbons (Fsp3) is 0.179. The van der Waals surface area contributed by atoms with E-state index < -0.39 is 6.04 Å². The number of nitrogens with one attached hydrogen (secondary N) is 2. The van der Waals surface area contributed by atoms with Crippen molar-refractivity contribution in [1.82, 2.24) is 14.8 Å². The van der Waals surface area contributed by atoms with Crippen LogP contribution in [0, 0.1) is 0 Å². The molecule has 1 aliphatic rings. The summed E-state index contributed by atoms with van der Waals surface area (Å²) in [6.07, 6.45) is 1.46. The maximum atomic E-state index is 13.7. The summed E-state index contributed by atoms with van der Waals surface area (Å²) in [5, 5.41) is 11.2. The zero-order valence-electron chi connectivity index (χ0n) is 21.1. The van der Waals surface area contributed by atoms with E-state index in [2.05, 4.69) is 20.7 Å². The summed E-state index contributed by atoms with van der Waals surface area (Å²) >= 11 is 5.99. The number of ether oxygens (including phenoxy) is 3. The van der Waals surface area contributed by atoms with Gasteiger partial charge in [0.2, 0.25) is 5.95 Å². The molecule has 1 amide bonds. The van der Waals surface area contributed by atoms with Crippen molar-refractivity contribution in [1.29, 1.82) is 0 Å². The van der Waals surface area contributed by atoms with Gasteiger partial charge in [-0.25, -0.2) is 4.68 Å². The molecule has 4 aromatic rings. The third kappa shape index (κ3) is 5.14. The van der Waals surface area contributed by atoms with E-state index in [1.165, 1.54) is 13.4 Å². The monoisotopic (exact) mass is 531 g/mol. The standard InChI is InChI=1S/C28H26ClN5O4/c1-17-25(27(35)33-23-12-11-21(36-2)14-24(23)37-3)26(34-28(32-17)30-16-31-34)19-5-4-6-22(13-19)38-15-18-7-9-20(29)10-8-18/h4-14,16,26H,15H2,1-3H3,(H,33,35)(H,30,31,32). The number of rotatable bonds is 8. The van der Waals surface area contributed by atoms with Gasteiger partial charge in [0.25, 0.3) is 5.91 Å². The van der Waals surface area contributed by atoms with Crippen LogP contribution in [-0.4, -0.2) is 34.9 Å². The average Bonchev–Trinajstić information content (AvgIpc) is 3.40. The number of anilines is 2. The van der Waals surface area contributed by atoms with E-state index in [0.29, 0.717) is 51.8 Å². The minimum Gasteiger partial charge on any atom is -0.497 e. The van der Waals surface area contributed by atoms with Gasteiger partial charge < -0.3 is 24.8 Å². The van der Waals surface area contributed by atoms with Crippen LogP contribution in [-0.2, 0) is 11.4 Å². The van der Waals surface area contributed by atoms with Gasteiger partial charge in [0.05, 0.1) is 25.5 Å². The number of hydrogen-bond donors (Lipinski definition) is 2. The summed E-state index contributed by atoms with van der Waals surface area (Å²) in [7, 11) is 3.11. The van der Waals surface area contributed by atoms with Crippen LogP contribution in [0.2, 0.25) is 5.02 Å². The second kappa shape index (κ2) is 10.9. The molecule has 0 aliphatic carbocycles. The molecule has 0 fully saturated rings. The highest BCUT2D eigenvalue weighted by atomic mass is 35.5. The van der Waals surface area contributed by atoms with Gasteiger partial charge in [-0.05, 0) is 54.4 Å². The van der Waals surface area contributed by atoms with Gasteiger partial charge in [-0.3, -0.25) is 4.79 Å². The van der Waals surface area contributed by atoms with E-state index in [1.807, 2.05) is 55.5 Å². The summed E-state index contributed by atoms with van der Waals surface area (Å²) in [4.78, 5) is 18.1. The molecule has 1 aliphatic heterocycles. The van der Waals surface area contributed by atoms with Crippen LogP contribution in [0.15, 0.2) is 84.3 Å². The second-order valence-electron chi connectivity index (χ2n) is 8.60. The molecule has 194 valence electrons. The van der Waals surface area contributed by atoms with E-state index in [-0.39, 0.29) is 5.91 Å². The molecule has 9 nitrogen and oxygen atoms in total. The lowest BCUT2D eigenvalue weighted by Crippen LogP contribution is -2.31. The SMILES string of the molecule is COc1ccc(NC(=O)C2=C(C)Nc3ncnn3C2c2cccc(OCc3ccc(Cl)cc3)c2)c(OC)c1. The molecule has 0 bridgehead atoms. The summed E-state index contributed by atoms with van der Waals surface area (Å²) < 4.78 is 18.5. The first-order valence-electron chi connectivity index (χ1n) is 11.8. The van der Waals surface area contributed by atoms with Crippen LogP contribution in [0.5, 0.6) is 17.2 Å². The van der Waals surface area contributed by atoms with Crippen LogP contribution in [0.3, 0.4) is 0 Å². The summed E-state index contributed by atoms with van der Waals surface area (Å²) in [6, 6.07) is 19.8. The number of aromatic nitrogens is 3. The van der Waals surface area contributed by atoms with Gasteiger partial charge >= 0.3 is 0 Å². The molecule has 3 aromatic carbocycles. The van der Waals surface area contributed by atoms with Gasteiger partial charge in [-0.15, -0.1) is 0 Å². The molecule has 0 saturated carbocycles. The van der Waals surface area contributed by atoms with Crippen molar-refractivity contribution < 1.29 is 19.0 Å². The van der Waals surface area contributed by atoms with Crippen LogP contribution in [0.4, 0.5) is 11.6 Å². The molecule has 38 heavy (non-hydrogen) atoms. The molecule has 0 radical (unpaired) electrons. The summed E-state index contributed by atoms with van der Waals surface area (Å²) in [5.74, 6) is 1.99. The van der Waals surface area contributed by atoms with E-state index in [1.54, 1.807) is 30.0 Å². The fourth-order valence-corrected chi connectivity index (χ4v) is 4.43. The first-order chi connectivity index (χ1) is 18.5.